The Morgan fingerprint density at radius 2 is 1.68 bits per heavy atom. The number of ether oxygens (including phenoxy) is 2. The van der Waals surface area contributed by atoms with Crippen molar-refractivity contribution in [1.29, 1.82) is 0 Å². The molecule has 0 unspecified atom stereocenters. The van der Waals surface area contributed by atoms with E-state index in [1.807, 2.05) is 49.4 Å². The van der Waals surface area contributed by atoms with Gasteiger partial charge in [0.25, 0.3) is 0 Å². The van der Waals surface area contributed by atoms with Gasteiger partial charge in [-0.2, -0.15) is 0 Å². The van der Waals surface area contributed by atoms with E-state index in [1.54, 1.807) is 24.3 Å². The second kappa shape index (κ2) is 10.9. The molecule has 1 aliphatic carbocycles. The van der Waals surface area contributed by atoms with E-state index >= 15 is 0 Å². The highest BCUT2D eigenvalue weighted by atomic mass is 16.7. The van der Waals surface area contributed by atoms with E-state index in [4.69, 9.17) is 9.47 Å². The zero-order chi connectivity index (χ0) is 28.7. The number of carbonyl (C=O) groups excluding carboxylic acids is 1. The average Bonchev–Trinajstić information content (AvgIpc) is 2.88. The molecule has 5 rings (SSSR count). The summed E-state index contributed by atoms with van der Waals surface area (Å²) >= 11 is 0. The van der Waals surface area contributed by atoms with Crippen LogP contribution in [0.25, 0.3) is 6.08 Å². The van der Waals surface area contributed by atoms with Crippen molar-refractivity contribution < 1.29 is 29.6 Å². The molecule has 0 saturated carbocycles. The average molecular weight is 545 g/mol. The Balaban J connectivity index is 1.49. The van der Waals surface area contributed by atoms with Gasteiger partial charge in [0.2, 0.25) is 5.79 Å². The van der Waals surface area contributed by atoms with Crippen molar-refractivity contribution >= 4 is 11.9 Å². The van der Waals surface area contributed by atoms with Crippen LogP contribution in [0, 0.1) is 17.3 Å². The summed E-state index contributed by atoms with van der Waals surface area (Å²) < 4.78 is 13.5. The molecule has 2 aliphatic heterocycles. The number of aromatic hydroxyl groups is 2. The Morgan fingerprint density at radius 1 is 1.02 bits per heavy atom. The third-order valence-corrected chi connectivity index (χ3v) is 8.69. The number of benzene rings is 2. The van der Waals surface area contributed by atoms with Gasteiger partial charge in [-0.05, 0) is 78.6 Å². The molecule has 3 aliphatic rings. The van der Waals surface area contributed by atoms with Crippen molar-refractivity contribution in [1.82, 2.24) is 0 Å². The lowest BCUT2D eigenvalue weighted by molar-refractivity contribution is -0.296. The van der Waals surface area contributed by atoms with Gasteiger partial charge in [-0.1, -0.05) is 57.2 Å². The molecule has 0 radical (unpaired) electrons. The number of aryl methyl sites for hydroxylation is 1. The number of phenols is 2. The smallest absolute Gasteiger partial charge is 0.212 e. The van der Waals surface area contributed by atoms with Crippen LogP contribution in [0.3, 0.4) is 0 Å². The third kappa shape index (κ3) is 5.89. The number of ketones is 1. The number of allylic oxidation sites excluding steroid dienone is 2. The van der Waals surface area contributed by atoms with Gasteiger partial charge in [-0.25, -0.2) is 0 Å². The fourth-order valence-electron chi connectivity index (χ4n) is 6.68. The summed E-state index contributed by atoms with van der Waals surface area (Å²) in [6, 6.07) is 13.8. The fourth-order valence-corrected chi connectivity index (χ4v) is 6.68. The molecule has 1 saturated heterocycles. The summed E-state index contributed by atoms with van der Waals surface area (Å²) in [5.74, 6) is 0.521. The van der Waals surface area contributed by atoms with E-state index in [0.29, 0.717) is 43.4 Å². The highest BCUT2D eigenvalue weighted by Crippen LogP contribution is 2.53. The Kier molecular flexibility index (Phi) is 7.68. The van der Waals surface area contributed by atoms with Crippen LogP contribution in [0.15, 0.2) is 77.6 Å². The van der Waals surface area contributed by atoms with Crippen LogP contribution in [-0.2, 0) is 20.7 Å². The molecule has 0 aromatic heterocycles. The molecule has 0 amide bonds. The summed E-state index contributed by atoms with van der Waals surface area (Å²) in [5.41, 5.74) is 2.92. The quantitative estimate of drug-likeness (QED) is 0.361. The molecule has 3 N–H and O–H groups in total. The van der Waals surface area contributed by atoms with Crippen molar-refractivity contribution in [2.75, 3.05) is 0 Å². The minimum atomic E-state index is -0.890. The standard InChI is InChI=1S/C34H40O6/c1-21-17-31-27(18-29(21)38)22(2)19-34(40-31)20-33(3,4)32(28(37)15-9-23-5-11-25(35)12-6-23)30(39-34)16-10-24-7-13-26(36)14-8-24/h5-8,10-14,16-17,22,27,29,31,35-36,38H,9,15,18-20H2,1-4H3/t22-,27+,29-,31+,34-/m0/s1. The zero-order valence-electron chi connectivity index (χ0n) is 23.8. The number of hydrogen-bond acceptors (Lipinski definition) is 6. The Bertz CT molecular complexity index is 1330. The second-order valence-corrected chi connectivity index (χ2v) is 12.4. The Labute approximate surface area is 236 Å². The SMILES string of the molecule is CC1=C[C@H]2O[C@@]3(C[C@H](C)[C@H]2C[C@@H]1O)CC(C)(C)C(C(=O)CCc1ccc(O)cc1)=C(C=Cc1ccc(O)cc1)O3. The maximum Gasteiger partial charge on any atom is 0.212 e. The number of fused-ring (bicyclic) bond motifs is 1. The maximum absolute atomic E-state index is 13.8. The minimum absolute atomic E-state index is 0.0246. The van der Waals surface area contributed by atoms with Crippen LogP contribution in [-0.4, -0.2) is 39.1 Å². The zero-order valence-corrected chi connectivity index (χ0v) is 23.8. The highest BCUT2D eigenvalue weighted by molar-refractivity contribution is 5.98. The Morgan fingerprint density at radius 3 is 2.35 bits per heavy atom. The molecular weight excluding hydrogens is 504 g/mol. The van der Waals surface area contributed by atoms with Gasteiger partial charge in [-0.3, -0.25) is 4.79 Å². The molecule has 0 bridgehead atoms. The predicted octanol–water partition coefficient (Wildman–Crippen LogP) is 6.46. The van der Waals surface area contributed by atoms with Gasteiger partial charge in [0.15, 0.2) is 5.78 Å². The molecule has 1 fully saturated rings. The van der Waals surface area contributed by atoms with E-state index in [2.05, 4.69) is 20.8 Å². The van der Waals surface area contributed by atoms with Gasteiger partial charge in [0, 0.05) is 30.3 Å². The second-order valence-electron chi connectivity index (χ2n) is 12.4. The van der Waals surface area contributed by atoms with E-state index in [1.165, 1.54) is 0 Å². The summed E-state index contributed by atoms with van der Waals surface area (Å²) in [4.78, 5) is 13.8. The minimum Gasteiger partial charge on any atom is -0.508 e. The van der Waals surface area contributed by atoms with Gasteiger partial charge < -0.3 is 24.8 Å². The third-order valence-electron chi connectivity index (χ3n) is 8.69. The van der Waals surface area contributed by atoms with E-state index in [-0.39, 0.29) is 35.2 Å². The molecule has 2 aromatic rings. The molecule has 40 heavy (non-hydrogen) atoms. The molecule has 5 atom stereocenters. The van der Waals surface area contributed by atoms with Gasteiger partial charge >= 0.3 is 0 Å². The molecule has 6 heteroatoms. The fraction of sp³-hybridized carbons (Fsp3) is 0.441. The maximum atomic E-state index is 13.8. The monoisotopic (exact) mass is 544 g/mol. The van der Waals surface area contributed by atoms with Crippen LogP contribution in [0.4, 0.5) is 0 Å². The van der Waals surface area contributed by atoms with Gasteiger partial charge in [-0.15, -0.1) is 0 Å². The first-order valence-corrected chi connectivity index (χ1v) is 14.2. The lowest BCUT2D eigenvalue weighted by Crippen LogP contribution is -2.55. The van der Waals surface area contributed by atoms with Crippen molar-refractivity contribution in [2.45, 2.75) is 77.8 Å². The normalized spacial score (nSPS) is 29.7. The number of carbonyl (C=O) groups is 1. The summed E-state index contributed by atoms with van der Waals surface area (Å²) in [6.45, 7) is 8.32. The van der Waals surface area contributed by atoms with Crippen LogP contribution in [0.5, 0.6) is 11.5 Å². The number of hydrogen-bond donors (Lipinski definition) is 3. The van der Waals surface area contributed by atoms with Crippen LogP contribution in [0.2, 0.25) is 0 Å². The van der Waals surface area contributed by atoms with Gasteiger partial charge in [0.05, 0.1) is 12.2 Å². The topological polar surface area (TPSA) is 96.2 Å². The lowest BCUT2D eigenvalue weighted by Gasteiger charge is -2.53. The molecule has 2 heterocycles. The lowest BCUT2D eigenvalue weighted by atomic mass is 9.68. The van der Waals surface area contributed by atoms with E-state index < -0.39 is 17.3 Å². The number of aliphatic hydroxyl groups is 1. The summed E-state index contributed by atoms with van der Waals surface area (Å²) in [7, 11) is 0. The largest absolute Gasteiger partial charge is 0.508 e. The number of aliphatic hydroxyl groups excluding tert-OH is 1. The van der Waals surface area contributed by atoms with Crippen molar-refractivity contribution in [3.63, 3.8) is 0 Å². The van der Waals surface area contributed by atoms with Gasteiger partial charge in [0.1, 0.15) is 17.3 Å². The number of Topliss-reactive ketones (excluding diaryl/α,β-unsaturated/α-hetero) is 1. The van der Waals surface area contributed by atoms with Crippen LogP contribution in [0.1, 0.15) is 64.5 Å². The highest BCUT2D eigenvalue weighted by Gasteiger charge is 2.54. The van der Waals surface area contributed by atoms with Crippen molar-refractivity contribution in [3.8, 4) is 11.5 Å². The first-order chi connectivity index (χ1) is 18.9. The molecule has 2 aromatic carbocycles. The summed E-state index contributed by atoms with van der Waals surface area (Å²) in [5, 5.41) is 29.8. The molecule has 6 nitrogen and oxygen atoms in total. The molecular formula is C34H40O6. The first-order valence-electron chi connectivity index (χ1n) is 14.2. The van der Waals surface area contributed by atoms with Crippen LogP contribution < -0.4 is 0 Å². The van der Waals surface area contributed by atoms with Crippen molar-refractivity contribution in [3.05, 3.63) is 88.7 Å². The number of rotatable bonds is 6. The molecule has 212 valence electrons. The van der Waals surface area contributed by atoms with E-state index in [9.17, 15) is 20.1 Å². The van der Waals surface area contributed by atoms with E-state index in [0.717, 1.165) is 16.7 Å². The molecule has 1 spiro atoms. The van der Waals surface area contributed by atoms with Crippen LogP contribution >= 0.6 is 0 Å². The number of phenolic OH excluding ortho intramolecular Hbond substituents is 2. The van der Waals surface area contributed by atoms with Crippen molar-refractivity contribution in [2.24, 2.45) is 17.3 Å². The first kappa shape index (κ1) is 28.2. The Hall–Kier alpha value is -3.35. The summed E-state index contributed by atoms with van der Waals surface area (Å²) in [6.07, 6.45) is 7.97. The predicted molar refractivity (Wildman–Crippen MR) is 154 cm³/mol.